The average Bonchev–Trinajstić information content (AvgIpc) is 3.03. The molecule has 2 amide bonds. The van der Waals surface area contributed by atoms with E-state index in [0.29, 0.717) is 19.4 Å². The Balaban J connectivity index is 1.15. The van der Waals surface area contributed by atoms with Crippen molar-refractivity contribution in [3.63, 3.8) is 0 Å². The second-order valence-electron chi connectivity index (χ2n) is 9.36. The van der Waals surface area contributed by atoms with Crippen LogP contribution in [-0.2, 0) is 16.0 Å². The lowest BCUT2D eigenvalue weighted by Crippen LogP contribution is -2.36. The van der Waals surface area contributed by atoms with Crippen LogP contribution in [-0.4, -0.2) is 60.9 Å². The summed E-state index contributed by atoms with van der Waals surface area (Å²) in [5.41, 5.74) is 2.01. The van der Waals surface area contributed by atoms with Crippen LogP contribution in [0.25, 0.3) is 0 Å². The summed E-state index contributed by atoms with van der Waals surface area (Å²) in [4.78, 5) is 28.8. The molecule has 4 rings (SSSR count). The number of nitrogens with one attached hydrogen (secondary N) is 1. The third-order valence-electron chi connectivity index (χ3n) is 6.96. The lowest BCUT2D eigenvalue weighted by molar-refractivity contribution is -0.131. The van der Waals surface area contributed by atoms with E-state index in [0.717, 1.165) is 68.4 Å². The number of fused-ring (bicyclic) bond motifs is 1. The van der Waals surface area contributed by atoms with Crippen molar-refractivity contribution in [2.24, 2.45) is 5.92 Å². The zero-order valence-electron chi connectivity index (χ0n) is 18.7. The van der Waals surface area contributed by atoms with Gasteiger partial charge in [-0.1, -0.05) is 19.3 Å². The number of anilines is 1. The molecule has 2 aliphatic heterocycles. The van der Waals surface area contributed by atoms with Gasteiger partial charge in [0.05, 0.1) is 6.61 Å². The maximum atomic E-state index is 12.7. The number of carbonyl (C=O) groups excluding carboxylic acids is 2. The average molecular weight is 428 g/mol. The first-order valence-electron chi connectivity index (χ1n) is 12.2. The molecule has 6 nitrogen and oxygen atoms in total. The molecule has 2 heterocycles. The summed E-state index contributed by atoms with van der Waals surface area (Å²) in [5.74, 6) is 2.02. The lowest BCUT2D eigenvalue weighted by atomic mass is 9.89. The van der Waals surface area contributed by atoms with Crippen LogP contribution in [0.15, 0.2) is 18.2 Å². The molecule has 0 unspecified atom stereocenters. The Morgan fingerprint density at radius 3 is 2.77 bits per heavy atom. The van der Waals surface area contributed by atoms with Gasteiger partial charge < -0.3 is 19.9 Å². The third-order valence-corrected chi connectivity index (χ3v) is 6.96. The number of carbonyl (C=O) groups is 2. The topological polar surface area (TPSA) is 61.9 Å². The smallest absolute Gasteiger partial charge is 0.224 e. The van der Waals surface area contributed by atoms with Gasteiger partial charge in [-0.2, -0.15) is 0 Å². The van der Waals surface area contributed by atoms with E-state index in [1.807, 2.05) is 18.2 Å². The highest BCUT2D eigenvalue weighted by Gasteiger charge is 2.22. The number of hydrogen-bond donors (Lipinski definition) is 1. The van der Waals surface area contributed by atoms with Crippen molar-refractivity contribution in [1.82, 2.24) is 9.80 Å². The lowest BCUT2D eigenvalue weighted by Gasteiger charge is -2.28. The van der Waals surface area contributed by atoms with Gasteiger partial charge in [0.15, 0.2) is 0 Å². The fraction of sp³-hybridized carbons (Fsp3) is 0.680. The zero-order chi connectivity index (χ0) is 21.5. The van der Waals surface area contributed by atoms with E-state index in [9.17, 15) is 9.59 Å². The normalized spacial score (nSPS) is 20.6. The first kappa shape index (κ1) is 22.1. The number of benzene rings is 1. The Kier molecular flexibility index (Phi) is 7.84. The second kappa shape index (κ2) is 11.0. The number of rotatable bonds is 7. The summed E-state index contributed by atoms with van der Waals surface area (Å²) < 4.78 is 5.87. The molecule has 0 spiro atoms. The van der Waals surface area contributed by atoms with E-state index in [2.05, 4.69) is 15.1 Å². The monoisotopic (exact) mass is 427 g/mol. The van der Waals surface area contributed by atoms with Crippen molar-refractivity contribution in [3.8, 4) is 5.75 Å². The van der Waals surface area contributed by atoms with Crippen LogP contribution in [0, 0.1) is 5.92 Å². The van der Waals surface area contributed by atoms with Crippen molar-refractivity contribution in [2.45, 2.75) is 64.2 Å². The molecule has 170 valence electrons. The Bertz CT molecular complexity index is 760. The van der Waals surface area contributed by atoms with Gasteiger partial charge in [0.1, 0.15) is 5.75 Å². The number of nitrogens with zero attached hydrogens (tertiary/aromatic N) is 2. The van der Waals surface area contributed by atoms with Gasteiger partial charge in [-0.05, 0) is 68.3 Å². The highest BCUT2D eigenvalue weighted by molar-refractivity contribution is 5.94. The standard InChI is InChI=1S/C25H37N3O3/c29-24-12-9-21-18-22(10-11-23(21)26-24)31-17-4-8-25(30)28-14-5-13-27(15-16-28)19-20-6-2-1-3-7-20/h10-11,18,20H,1-9,12-17,19H2,(H,26,29). The quantitative estimate of drug-likeness (QED) is 0.672. The Hall–Kier alpha value is -2.08. The molecule has 1 saturated heterocycles. The molecule has 1 aliphatic carbocycles. The Morgan fingerprint density at radius 2 is 1.90 bits per heavy atom. The molecule has 2 fully saturated rings. The van der Waals surface area contributed by atoms with E-state index in [4.69, 9.17) is 4.74 Å². The van der Waals surface area contributed by atoms with Gasteiger partial charge in [-0.25, -0.2) is 0 Å². The third kappa shape index (κ3) is 6.45. The molecule has 0 atom stereocenters. The maximum absolute atomic E-state index is 12.7. The van der Waals surface area contributed by atoms with Crippen molar-refractivity contribution < 1.29 is 14.3 Å². The molecule has 31 heavy (non-hydrogen) atoms. The van der Waals surface area contributed by atoms with Crippen LogP contribution in [0.3, 0.4) is 0 Å². The Labute approximate surface area is 186 Å². The molecule has 0 radical (unpaired) electrons. The minimum atomic E-state index is 0.0744. The predicted octanol–water partition coefficient (Wildman–Crippen LogP) is 3.84. The van der Waals surface area contributed by atoms with E-state index < -0.39 is 0 Å². The first-order valence-corrected chi connectivity index (χ1v) is 12.2. The number of aryl methyl sites for hydroxylation is 1. The molecule has 1 saturated carbocycles. The minimum absolute atomic E-state index is 0.0744. The summed E-state index contributed by atoms with van der Waals surface area (Å²) in [6.07, 6.45) is 10.6. The molecule has 1 aromatic carbocycles. The SMILES string of the molecule is O=C1CCc2cc(OCCCC(=O)N3CCCN(CC4CCCCC4)CC3)ccc2N1. The fourth-order valence-corrected chi connectivity index (χ4v) is 5.16. The summed E-state index contributed by atoms with van der Waals surface area (Å²) in [6, 6.07) is 5.80. The molecule has 6 heteroatoms. The largest absolute Gasteiger partial charge is 0.494 e. The van der Waals surface area contributed by atoms with Crippen molar-refractivity contribution in [2.75, 3.05) is 44.6 Å². The summed E-state index contributed by atoms with van der Waals surface area (Å²) in [5, 5.41) is 2.89. The van der Waals surface area contributed by atoms with Gasteiger partial charge in [0.25, 0.3) is 0 Å². The summed E-state index contributed by atoms with van der Waals surface area (Å²) in [6.45, 7) is 5.66. The molecule has 0 bridgehead atoms. The van der Waals surface area contributed by atoms with Crippen molar-refractivity contribution in [1.29, 1.82) is 0 Å². The van der Waals surface area contributed by atoms with Gasteiger partial charge in [-0.15, -0.1) is 0 Å². The highest BCUT2D eigenvalue weighted by Crippen LogP contribution is 2.27. The van der Waals surface area contributed by atoms with Gasteiger partial charge in [0.2, 0.25) is 11.8 Å². The molecule has 1 aromatic rings. The van der Waals surface area contributed by atoms with Gasteiger partial charge in [0, 0.05) is 44.7 Å². The molecule has 0 aromatic heterocycles. The van der Waals surface area contributed by atoms with Crippen LogP contribution in [0.5, 0.6) is 5.75 Å². The number of hydrogen-bond acceptors (Lipinski definition) is 4. The van der Waals surface area contributed by atoms with Gasteiger partial charge >= 0.3 is 0 Å². The van der Waals surface area contributed by atoms with Crippen LogP contribution >= 0.6 is 0 Å². The van der Waals surface area contributed by atoms with E-state index in [1.165, 1.54) is 38.6 Å². The van der Waals surface area contributed by atoms with Crippen LogP contribution in [0.4, 0.5) is 5.69 Å². The van der Waals surface area contributed by atoms with Crippen molar-refractivity contribution >= 4 is 17.5 Å². The Morgan fingerprint density at radius 1 is 1.03 bits per heavy atom. The maximum Gasteiger partial charge on any atom is 0.224 e. The van der Waals surface area contributed by atoms with E-state index in [1.54, 1.807) is 0 Å². The van der Waals surface area contributed by atoms with E-state index >= 15 is 0 Å². The molecular weight excluding hydrogens is 390 g/mol. The summed E-state index contributed by atoms with van der Waals surface area (Å²) in [7, 11) is 0. The predicted molar refractivity (Wildman–Crippen MR) is 122 cm³/mol. The first-order chi connectivity index (χ1) is 15.2. The molecule has 1 N–H and O–H groups in total. The van der Waals surface area contributed by atoms with Crippen LogP contribution in [0.1, 0.15) is 63.4 Å². The van der Waals surface area contributed by atoms with Gasteiger partial charge in [-0.3, -0.25) is 9.59 Å². The second-order valence-corrected chi connectivity index (χ2v) is 9.36. The highest BCUT2D eigenvalue weighted by atomic mass is 16.5. The molecule has 3 aliphatic rings. The molecular formula is C25H37N3O3. The van der Waals surface area contributed by atoms with E-state index in [-0.39, 0.29) is 11.8 Å². The van der Waals surface area contributed by atoms with Crippen molar-refractivity contribution in [3.05, 3.63) is 23.8 Å². The number of ether oxygens (including phenoxy) is 1. The fourth-order valence-electron chi connectivity index (χ4n) is 5.16. The summed E-state index contributed by atoms with van der Waals surface area (Å²) >= 11 is 0. The minimum Gasteiger partial charge on any atom is -0.494 e. The van der Waals surface area contributed by atoms with Crippen LogP contribution in [0.2, 0.25) is 0 Å². The zero-order valence-corrected chi connectivity index (χ0v) is 18.7. The van der Waals surface area contributed by atoms with Crippen LogP contribution < -0.4 is 10.1 Å². The number of amides is 2.